The Bertz CT molecular complexity index is 612. The Kier molecular flexibility index (Phi) is 5.74. The molecule has 0 aliphatic heterocycles. The Morgan fingerprint density at radius 2 is 1.81 bits per heavy atom. The first-order valence-corrected chi connectivity index (χ1v) is 7.63. The molecule has 0 heterocycles. The minimum absolute atomic E-state index is 0.312. The van der Waals surface area contributed by atoms with Crippen LogP contribution in [0.1, 0.15) is 23.1 Å². The van der Waals surface area contributed by atoms with Crippen LogP contribution in [0.25, 0.3) is 0 Å². The molecule has 2 aromatic carbocycles. The molecule has 2 aromatic rings. The van der Waals surface area contributed by atoms with E-state index in [2.05, 4.69) is 31.2 Å². The van der Waals surface area contributed by atoms with E-state index in [1.165, 1.54) is 11.1 Å². The topological polar surface area (TPSA) is 23.5 Å². The molecule has 0 saturated carbocycles. The quantitative estimate of drug-likeness (QED) is 0.632. The summed E-state index contributed by atoms with van der Waals surface area (Å²) >= 11 is 11.4. The molecule has 0 unspecified atom stereocenters. The fourth-order valence-electron chi connectivity index (χ4n) is 2.01. The van der Waals surface area contributed by atoms with Gasteiger partial charge in [-0.2, -0.15) is 0 Å². The van der Waals surface area contributed by atoms with Crippen LogP contribution in [0.3, 0.4) is 0 Å². The standard InChI is InChI=1S/C17H18ClNOS/c1-13-6-8-14(9-7-13)10-11-17(21)19(20)12-15-4-2-3-5-16(15)18/h2-9,20H,10-12H2,1H3. The average Bonchev–Trinajstić information content (AvgIpc) is 2.48. The highest BCUT2D eigenvalue weighted by Gasteiger charge is 2.09. The number of rotatable bonds is 5. The third-order valence-electron chi connectivity index (χ3n) is 3.31. The lowest BCUT2D eigenvalue weighted by atomic mass is 10.1. The van der Waals surface area contributed by atoms with Crippen LogP contribution in [0.4, 0.5) is 0 Å². The van der Waals surface area contributed by atoms with Crippen molar-refractivity contribution in [1.82, 2.24) is 5.06 Å². The second kappa shape index (κ2) is 7.55. The number of hydroxylamine groups is 2. The SMILES string of the molecule is Cc1ccc(CCC(=S)N(O)Cc2ccccc2Cl)cc1. The van der Waals surface area contributed by atoms with Gasteiger partial charge in [0.05, 0.1) is 6.54 Å². The van der Waals surface area contributed by atoms with E-state index in [1.54, 1.807) is 6.07 Å². The third kappa shape index (κ3) is 4.81. The average molecular weight is 320 g/mol. The van der Waals surface area contributed by atoms with E-state index in [4.69, 9.17) is 23.8 Å². The Hall–Kier alpha value is -1.42. The molecule has 0 spiro atoms. The van der Waals surface area contributed by atoms with Crippen molar-refractivity contribution in [2.75, 3.05) is 0 Å². The Balaban J connectivity index is 1.88. The maximum absolute atomic E-state index is 10.1. The largest absolute Gasteiger partial charge is 0.288 e. The van der Waals surface area contributed by atoms with Crippen LogP contribution in [0.2, 0.25) is 5.02 Å². The smallest absolute Gasteiger partial charge is 0.104 e. The van der Waals surface area contributed by atoms with Gasteiger partial charge in [-0.3, -0.25) is 5.21 Å². The fraction of sp³-hybridized carbons (Fsp3) is 0.235. The Morgan fingerprint density at radius 1 is 1.14 bits per heavy atom. The molecule has 2 nitrogen and oxygen atoms in total. The van der Waals surface area contributed by atoms with Gasteiger partial charge < -0.3 is 0 Å². The van der Waals surface area contributed by atoms with Crippen LogP contribution in [0.15, 0.2) is 48.5 Å². The molecule has 0 radical (unpaired) electrons. The van der Waals surface area contributed by atoms with Crippen LogP contribution >= 0.6 is 23.8 Å². The van der Waals surface area contributed by atoms with Gasteiger partial charge in [0.15, 0.2) is 0 Å². The summed E-state index contributed by atoms with van der Waals surface area (Å²) in [6.07, 6.45) is 1.46. The molecule has 2 rings (SSSR count). The summed E-state index contributed by atoms with van der Waals surface area (Å²) in [6.45, 7) is 2.37. The van der Waals surface area contributed by atoms with Gasteiger partial charge in [-0.1, -0.05) is 71.8 Å². The monoisotopic (exact) mass is 319 g/mol. The highest BCUT2D eigenvalue weighted by molar-refractivity contribution is 7.80. The number of halogens is 1. The first-order chi connectivity index (χ1) is 10.1. The van der Waals surface area contributed by atoms with Gasteiger partial charge in [0, 0.05) is 11.4 Å². The lowest BCUT2D eigenvalue weighted by Gasteiger charge is -2.18. The fourth-order valence-corrected chi connectivity index (χ4v) is 2.37. The van der Waals surface area contributed by atoms with E-state index in [9.17, 15) is 5.21 Å². The number of thiocarbonyl (C=S) groups is 1. The van der Waals surface area contributed by atoms with Crippen molar-refractivity contribution < 1.29 is 5.21 Å². The minimum Gasteiger partial charge on any atom is -0.288 e. The Labute approximate surface area is 135 Å². The van der Waals surface area contributed by atoms with Crippen LogP contribution in [0.5, 0.6) is 0 Å². The molecule has 0 aliphatic rings. The van der Waals surface area contributed by atoms with E-state index in [1.807, 2.05) is 18.2 Å². The molecule has 1 N–H and O–H groups in total. The minimum atomic E-state index is 0.312. The maximum Gasteiger partial charge on any atom is 0.104 e. The molecule has 0 aliphatic carbocycles. The summed E-state index contributed by atoms with van der Waals surface area (Å²) in [4.78, 5) is 0.524. The van der Waals surface area contributed by atoms with Crippen molar-refractivity contribution >= 4 is 28.8 Å². The molecule has 4 heteroatoms. The predicted molar refractivity (Wildman–Crippen MR) is 90.9 cm³/mol. The van der Waals surface area contributed by atoms with E-state index in [0.29, 0.717) is 23.0 Å². The van der Waals surface area contributed by atoms with Gasteiger partial charge in [-0.25, -0.2) is 5.06 Å². The zero-order valence-corrected chi connectivity index (χ0v) is 13.5. The zero-order chi connectivity index (χ0) is 15.2. The van der Waals surface area contributed by atoms with Crippen LogP contribution in [-0.4, -0.2) is 15.3 Å². The number of hydrogen-bond acceptors (Lipinski definition) is 2. The van der Waals surface area contributed by atoms with Gasteiger partial charge in [0.1, 0.15) is 4.99 Å². The van der Waals surface area contributed by atoms with E-state index >= 15 is 0 Å². The first-order valence-electron chi connectivity index (χ1n) is 6.84. The molecule has 0 fully saturated rings. The van der Waals surface area contributed by atoms with Crippen molar-refractivity contribution in [3.8, 4) is 0 Å². The zero-order valence-electron chi connectivity index (χ0n) is 11.9. The van der Waals surface area contributed by atoms with Crippen molar-refractivity contribution in [2.24, 2.45) is 0 Å². The molecule has 0 aromatic heterocycles. The van der Waals surface area contributed by atoms with Gasteiger partial charge >= 0.3 is 0 Å². The summed E-state index contributed by atoms with van der Waals surface area (Å²) in [5.74, 6) is 0. The van der Waals surface area contributed by atoms with Gasteiger partial charge in [0.25, 0.3) is 0 Å². The normalized spacial score (nSPS) is 10.4. The summed E-state index contributed by atoms with van der Waals surface area (Å²) in [7, 11) is 0. The molecule has 0 saturated heterocycles. The van der Waals surface area contributed by atoms with Crippen LogP contribution in [0, 0.1) is 6.92 Å². The van der Waals surface area contributed by atoms with E-state index in [-0.39, 0.29) is 0 Å². The molecule has 0 bridgehead atoms. The van der Waals surface area contributed by atoms with Crippen LogP contribution in [-0.2, 0) is 13.0 Å². The number of benzene rings is 2. The second-order valence-electron chi connectivity index (χ2n) is 5.03. The third-order valence-corrected chi connectivity index (χ3v) is 4.10. The second-order valence-corrected chi connectivity index (χ2v) is 5.91. The van der Waals surface area contributed by atoms with E-state index < -0.39 is 0 Å². The molecular formula is C17H18ClNOS. The first kappa shape index (κ1) is 16.0. The Morgan fingerprint density at radius 3 is 2.48 bits per heavy atom. The lowest BCUT2D eigenvalue weighted by Crippen LogP contribution is -2.25. The van der Waals surface area contributed by atoms with Gasteiger partial charge in [0.2, 0.25) is 0 Å². The van der Waals surface area contributed by atoms with E-state index in [0.717, 1.165) is 17.0 Å². The summed E-state index contributed by atoms with van der Waals surface area (Å²) < 4.78 is 0. The van der Waals surface area contributed by atoms with Gasteiger partial charge in [-0.15, -0.1) is 0 Å². The summed E-state index contributed by atoms with van der Waals surface area (Å²) in [6, 6.07) is 15.8. The number of hydrogen-bond donors (Lipinski definition) is 1. The summed E-state index contributed by atoms with van der Waals surface area (Å²) in [5, 5.41) is 11.8. The van der Waals surface area contributed by atoms with Gasteiger partial charge in [-0.05, 0) is 30.5 Å². The molecular weight excluding hydrogens is 302 g/mol. The summed E-state index contributed by atoms with van der Waals surface area (Å²) in [5.41, 5.74) is 3.32. The molecule has 21 heavy (non-hydrogen) atoms. The van der Waals surface area contributed by atoms with Crippen molar-refractivity contribution in [3.63, 3.8) is 0 Å². The lowest BCUT2D eigenvalue weighted by molar-refractivity contribution is -0.0219. The number of aryl methyl sites for hydroxylation is 2. The van der Waals surface area contributed by atoms with Crippen molar-refractivity contribution in [2.45, 2.75) is 26.3 Å². The highest BCUT2D eigenvalue weighted by atomic mass is 35.5. The number of nitrogens with zero attached hydrogens (tertiary/aromatic N) is 1. The maximum atomic E-state index is 10.1. The van der Waals surface area contributed by atoms with Crippen molar-refractivity contribution in [3.05, 3.63) is 70.2 Å². The van der Waals surface area contributed by atoms with Crippen LogP contribution < -0.4 is 0 Å². The molecule has 0 amide bonds. The van der Waals surface area contributed by atoms with Crippen molar-refractivity contribution in [1.29, 1.82) is 0 Å². The predicted octanol–water partition coefficient (Wildman–Crippen LogP) is 4.80. The molecule has 0 atom stereocenters. The highest BCUT2D eigenvalue weighted by Crippen LogP contribution is 2.17. The molecule has 110 valence electrons.